The second-order valence-corrected chi connectivity index (χ2v) is 13.5. The van der Waals surface area contributed by atoms with Gasteiger partial charge in [0.15, 0.2) is 5.82 Å². The van der Waals surface area contributed by atoms with Gasteiger partial charge in [-0.05, 0) is 71.0 Å². The van der Waals surface area contributed by atoms with Crippen LogP contribution in [0.4, 0.5) is 16.2 Å². The largest absolute Gasteiger partial charge is 0.349 e. The van der Waals surface area contributed by atoms with Gasteiger partial charge in [0.25, 0.3) is 0 Å². The highest BCUT2D eigenvalue weighted by atomic mass is 35.5. The van der Waals surface area contributed by atoms with Gasteiger partial charge in [-0.3, -0.25) is 9.89 Å². The summed E-state index contributed by atoms with van der Waals surface area (Å²) in [5.74, 6) is 0.606. The molecule has 0 bridgehead atoms. The van der Waals surface area contributed by atoms with Crippen LogP contribution in [0.1, 0.15) is 32.3 Å². The summed E-state index contributed by atoms with van der Waals surface area (Å²) in [7, 11) is 2.18. The second-order valence-electron chi connectivity index (χ2n) is 13.1. The third-order valence-corrected chi connectivity index (χ3v) is 10.1. The molecule has 5 heterocycles. The molecule has 0 radical (unpaired) electrons. The number of anilines is 2. The molecule has 3 fully saturated rings. The summed E-state index contributed by atoms with van der Waals surface area (Å²) in [6.07, 6.45) is 5.41. The lowest BCUT2D eigenvalue weighted by Gasteiger charge is -2.54. The fourth-order valence-electron chi connectivity index (χ4n) is 7.68. The molecule has 2 atom stereocenters. The van der Waals surface area contributed by atoms with E-state index in [2.05, 4.69) is 45.4 Å². The Morgan fingerprint density at radius 2 is 1.93 bits per heavy atom. The van der Waals surface area contributed by atoms with Crippen LogP contribution in [0.5, 0.6) is 0 Å². The van der Waals surface area contributed by atoms with Crippen molar-refractivity contribution in [2.45, 2.75) is 45.7 Å². The number of likely N-dealkylation sites (tertiary alicyclic amines) is 1. The maximum atomic E-state index is 17.0. The van der Waals surface area contributed by atoms with Crippen molar-refractivity contribution in [3.63, 3.8) is 0 Å². The van der Waals surface area contributed by atoms with E-state index in [0.29, 0.717) is 46.4 Å². The van der Waals surface area contributed by atoms with Crippen LogP contribution in [-0.2, 0) is 4.79 Å². The van der Waals surface area contributed by atoms with Crippen molar-refractivity contribution in [1.29, 1.82) is 0 Å². The van der Waals surface area contributed by atoms with E-state index in [1.807, 2.05) is 30.9 Å². The van der Waals surface area contributed by atoms with Crippen molar-refractivity contribution in [1.82, 2.24) is 30.0 Å². The molecular weight excluding hydrogens is 579 g/mol. The first-order chi connectivity index (χ1) is 21.1. The number of halogens is 2. The van der Waals surface area contributed by atoms with E-state index in [1.54, 1.807) is 12.3 Å². The number of aryl methyl sites for hydroxylation is 1. The first-order valence-corrected chi connectivity index (χ1v) is 15.7. The van der Waals surface area contributed by atoms with Crippen molar-refractivity contribution >= 4 is 51.1 Å². The zero-order valence-electron chi connectivity index (χ0n) is 25.7. The minimum absolute atomic E-state index is 0.0702. The fraction of sp³-hybridized carbons (Fsp3) is 0.455. The number of benzene rings is 2. The number of carbonyl (C=O) groups excluding carboxylic acids is 1. The van der Waals surface area contributed by atoms with Gasteiger partial charge in [-0.25, -0.2) is 9.37 Å². The normalized spacial score (nSPS) is 22.2. The average Bonchev–Trinajstić information content (AvgIpc) is 3.46. The van der Waals surface area contributed by atoms with E-state index >= 15 is 4.39 Å². The van der Waals surface area contributed by atoms with Gasteiger partial charge in [0.05, 0.1) is 16.7 Å². The summed E-state index contributed by atoms with van der Waals surface area (Å²) in [6, 6.07) is 5.53. The van der Waals surface area contributed by atoms with E-state index in [0.717, 1.165) is 42.6 Å². The zero-order valence-corrected chi connectivity index (χ0v) is 26.5. The van der Waals surface area contributed by atoms with Gasteiger partial charge in [-0.2, -0.15) is 10.1 Å². The topological polar surface area (TPSA) is 84.5 Å². The number of aromatic amines is 1. The summed E-state index contributed by atoms with van der Waals surface area (Å²) >= 11 is 6.97. The number of piperazine rings is 1. The molecule has 44 heavy (non-hydrogen) atoms. The Bertz CT molecular complexity index is 1800. The lowest BCUT2D eigenvalue weighted by molar-refractivity contribution is -0.128. The first-order valence-electron chi connectivity index (χ1n) is 15.3. The Kier molecular flexibility index (Phi) is 7.05. The van der Waals surface area contributed by atoms with Crippen LogP contribution in [0.3, 0.4) is 0 Å². The summed E-state index contributed by atoms with van der Waals surface area (Å²) in [5, 5.41) is 8.84. The lowest BCUT2D eigenvalue weighted by atomic mass is 9.73. The number of rotatable bonds is 4. The van der Waals surface area contributed by atoms with Crippen molar-refractivity contribution in [3.8, 4) is 11.1 Å². The molecule has 11 heteroatoms. The molecule has 0 aliphatic carbocycles. The van der Waals surface area contributed by atoms with Crippen LogP contribution in [0.25, 0.3) is 32.9 Å². The highest BCUT2D eigenvalue weighted by Crippen LogP contribution is 2.45. The predicted octanol–water partition coefficient (Wildman–Crippen LogP) is 5.42. The lowest BCUT2D eigenvalue weighted by Crippen LogP contribution is -2.63. The standard InChI is InChI=1S/C33H38ClFN8O/c1-6-26(44)42-14-21(4)43(15-20(42)3)31-22-12-24(34)28(27-19(2)8-9-25-23(27)13-36-39-25)29(35)30(22)37-32(38-31)41-17-33(18-41)10-7-11-40(5)16-33/h6,8-9,12-13,20-21H,1,7,10-11,14-18H2,2-5H3,(H,36,39)/t20-,21+/m1/s1. The van der Waals surface area contributed by atoms with Gasteiger partial charge in [0.1, 0.15) is 11.3 Å². The van der Waals surface area contributed by atoms with Crippen LogP contribution in [-0.4, -0.2) is 94.3 Å². The van der Waals surface area contributed by atoms with E-state index in [-0.39, 0.29) is 28.9 Å². The molecule has 3 aliphatic rings. The summed E-state index contributed by atoms with van der Waals surface area (Å²) in [6.45, 7) is 14.6. The van der Waals surface area contributed by atoms with E-state index in [9.17, 15) is 4.79 Å². The van der Waals surface area contributed by atoms with Crippen LogP contribution in [0.15, 0.2) is 37.1 Å². The molecule has 2 aromatic carbocycles. The Hall–Kier alpha value is -3.76. The zero-order chi connectivity index (χ0) is 30.9. The number of nitrogens with one attached hydrogen (secondary N) is 1. The number of aromatic nitrogens is 4. The van der Waals surface area contributed by atoms with Crippen molar-refractivity contribution in [2.75, 3.05) is 56.1 Å². The monoisotopic (exact) mass is 616 g/mol. The van der Waals surface area contributed by atoms with Gasteiger partial charge in [-0.1, -0.05) is 24.2 Å². The Morgan fingerprint density at radius 1 is 1.14 bits per heavy atom. The second kappa shape index (κ2) is 10.7. The van der Waals surface area contributed by atoms with Crippen molar-refractivity contribution in [3.05, 3.63) is 53.5 Å². The molecule has 4 aromatic rings. The molecule has 2 aromatic heterocycles. The average molecular weight is 617 g/mol. The van der Waals surface area contributed by atoms with Crippen LogP contribution in [0, 0.1) is 18.2 Å². The summed E-state index contributed by atoms with van der Waals surface area (Å²) < 4.78 is 17.0. The smallest absolute Gasteiger partial charge is 0.246 e. The number of amides is 1. The maximum Gasteiger partial charge on any atom is 0.246 e. The highest BCUT2D eigenvalue weighted by molar-refractivity contribution is 6.35. The molecule has 1 amide bonds. The number of nitrogens with zero attached hydrogens (tertiary/aromatic N) is 7. The summed E-state index contributed by atoms with van der Waals surface area (Å²) in [4.78, 5) is 31.2. The Balaban J connectivity index is 1.38. The SMILES string of the molecule is C=CC(=O)N1C[C@H](C)N(c2nc(N3CC4(CCCN(C)C4)C3)nc3c(F)c(-c4c(C)ccc5[nH]ncc45)c(Cl)cc23)C[C@H]1C. The van der Waals surface area contributed by atoms with Crippen LogP contribution < -0.4 is 9.80 Å². The van der Waals surface area contributed by atoms with Gasteiger partial charge in [-0.15, -0.1) is 0 Å². The molecule has 7 rings (SSSR count). The van der Waals surface area contributed by atoms with E-state index in [4.69, 9.17) is 21.6 Å². The molecule has 3 saturated heterocycles. The minimum Gasteiger partial charge on any atom is -0.349 e. The van der Waals surface area contributed by atoms with Crippen LogP contribution in [0.2, 0.25) is 5.02 Å². The van der Waals surface area contributed by atoms with Gasteiger partial charge in [0.2, 0.25) is 11.9 Å². The van der Waals surface area contributed by atoms with Gasteiger partial charge in [0, 0.05) is 72.1 Å². The molecule has 0 unspecified atom stereocenters. The Morgan fingerprint density at radius 3 is 2.68 bits per heavy atom. The van der Waals surface area contributed by atoms with Gasteiger partial charge >= 0.3 is 0 Å². The van der Waals surface area contributed by atoms with Crippen molar-refractivity contribution < 1.29 is 9.18 Å². The molecule has 0 saturated carbocycles. The first kappa shape index (κ1) is 29.0. The molecular formula is C33H38ClFN8O. The number of carbonyl (C=O) groups is 1. The Labute approximate surface area is 261 Å². The quantitative estimate of drug-likeness (QED) is 0.307. The molecule has 9 nitrogen and oxygen atoms in total. The number of piperidine rings is 1. The third-order valence-electron chi connectivity index (χ3n) is 9.84. The number of fused-ring (bicyclic) bond motifs is 2. The molecule has 1 N–H and O–H groups in total. The minimum atomic E-state index is -0.469. The third kappa shape index (κ3) is 4.61. The van der Waals surface area contributed by atoms with Crippen LogP contribution >= 0.6 is 11.6 Å². The molecule has 3 aliphatic heterocycles. The molecule has 1 spiro atoms. The van der Waals surface area contributed by atoms with Crippen molar-refractivity contribution in [2.24, 2.45) is 5.41 Å². The highest BCUT2D eigenvalue weighted by Gasteiger charge is 2.46. The number of hydrogen-bond donors (Lipinski definition) is 1. The summed E-state index contributed by atoms with van der Waals surface area (Å²) in [5.41, 5.74) is 3.18. The fourth-order valence-corrected chi connectivity index (χ4v) is 7.97. The number of hydrogen-bond acceptors (Lipinski definition) is 7. The molecule has 230 valence electrons. The predicted molar refractivity (Wildman–Crippen MR) is 174 cm³/mol. The van der Waals surface area contributed by atoms with Gasteiger partial charge < -0.3 is 19.6 Å². The maximum absolute atomic E-state index is 17.0. The number of H-pyrrole nitrogens is 1. The van der Waals surface area contributed by atoms with E-state index in [1.165, 1.54) is 18.9 Å². The van der Waals surface area contributed by atoms with E-state index < -0.39 is 5.82 Å².